The first kappa shape index (κ1) is 6.20. The van der Waals surface area contributed by atoms with E-state index in [1.165, 1.54) is 4.88 Å². The Kier molecular flexibility index (Phi) is 1.49. The van der Waals surface area contributed by atoms with Crippen LogP contribution >= 0.6 is 11.3 Å². The fraction of sp³-hybridized carbons (Fsp3) is 0.636. The van der Waals surface area contributed by atoms with Gasteiger partial charge in [-0.2, -0.15) is 0 Å². The van der Waals surface area contributed by atoms with Crippen LogP contribution in [0.15, 0.2) is 0 Å². The van der Waals surface area contributed by atoms with E-state index in [0.29, 0.717) is 5.56 Å². The van der Waals surface area contributed by atoms with E-state index in [-0.39, 0.29) is 5.41 Å². The Balaban J connectivity index is 3.41. The molecule has 0 aromatic carbocycles. The van der Waals surface area contributed by atoms with Crippen molar-refractivity contribution in [3.63, 3.8) is 0 Å². The Labute approximate surface area is 83.8 Å². The second-order valence-electron chi connectivity index (χ2n) is 4.24. The molecule has 1 aromatic rings. The van der Waals surface area contributed by atoms with Crippen LogP contribution < -0.4 is 0 Å². The Morgan fingerprint density at radius 2 is 1.75 bits per heavy atom. The Morgan fingerprint density at radius 1 is 1.17 bits per heavy atom. The van der Waals surface area contributed by atoms with Gasteiger partial charge in [-0.1, -0.05) is 20.8 Å². The summed E-state index contributed by atoms with van der Waals surface area (Å²) >= 11 is 1.61. The van der Waals surface area contributed by atoms with E-state index in [0.717, 1.165) is 10.4 Å². The highest BCUT2D eigenvalue weighted by Gasteiger charge is 2.20. The fourth-order valence-electron chi connectivity index (χ4n) is 1.37. The van der Waals surface area contributed by atoms with E-state index in [4.69, 9.17) is 4.11 Å². The molecule has 1 heterocycles. The first-order valence-corrected chi connectivity index (χ1v) is 4.97. The first-order chi connectivity index (χ1) is 6.55. The van der Waals surface area contributed by atoms with Crippen LogP contribution in [0.4, 0.5) is 0 Å². The molecule has 0 aliphatic heterocycles. The van der Waals surface area contributed by atoms with Crippen LogP contribution in [0.5, 0.6) is 0 Å². The van der Waals surface area contributed by atoms with Crippen molar-refractivity contribution in [3.05, 3.63) is 20.9 Å². The molecule has 1 heteroatoms. The zero-order chi connectivity index (χ0) is 12.0. The van der Waals surface area contributed by atoms with Gasteiger partial charge in [0.05, 0.1) is 0 Å². The highest BCUT2D eigenvalue weighted by Crippen LogP contribution is 2.35. The molecule has 0 bridgehead atoms. The van der Waals surface area contributed by atoms with Gasteiger partial charge in [0.15, 0.2) is 0 Å². The van der Waals surface area contributed by atoms with Crippen LogP contribution in [0.1, 0.15) is 45.8 Å². The van der Waals surface area contributed by atoms with E-state index in [1.54, 1.807) is 11.3 Å². The standard InChI is InChI=1S/C11H18S/c1-7-8(2)10(11(4,5)6)12-9(7)3/h1-6H3/i1D3. The molecule has 0 N–H and O–H groups in total. The lowest BCUT2D eigenvalue weighted by Gasteiger charge is -2.17. The van der Waals surface area contributed by atoms with Crippen LogP contribution in [0.3, 0.4) is 0 Å². The number of rotatable bonds is 0. The molecule has 12 heavy (non-hydrogen) atoms. The van der Waals surface area contributed by atoms with Gasteiger partial charge in [0.25, 0.3) is 0 Å². The molecule has 1 rings (SSSR count). The van der Waals surface area contributed by atoms with Crippen molar-refractivity contribution in [1.29, 1.82) is 0 Å². The smallest absolute Gasteiger partial charge is 0.0280 e. The maximum absolute atomic E-state index is 7.51. The minimum Gasteiger partial charge on any atom is -0.145 e. The van der Waals surface area contributed by atoms with Gasteiger partial charge in [0.1, 0.15) is 0 Å². The lowest BCUT2D eigenvalue weighted by Crippen LogP contribution is -2.10. The van der Waals surface area contributed by atoms with Gasteiger partial charge in [0, 0.05) is 13.9 Å². The summed E-state index contributed by atoms with van der Waals surface area (Å²) in [5, 5.41) is 0. The van der Waals surface area contributed by atoms with Crippen molar-refractivity contribution in [2.24, 2.45) is 0 Å². The van der Waals surface area contributed by atoms with Gasteiger partial charge in [0.2, 0.25) is 0 Å². The van der Waals surface area contributed by atoms with Gasteiger partial charge in [-0.05, 0) is 37.2 Å². The largest absolute Gasteiger partial charge is 0.145 e. The lowest BCUT2D eigenvalue weighted by atomic mass is 9.91. The van der Waals surface area contributed by atoms with E-state index in [2.05, 4.69) is 20.8 Å². The fourth-order valence-corrected chi connectivity index (χ4v) is 2.50. The first-order valence-electron chi connectivity index (χ1n) is 5.66. The third-order valence-corrected chi connectivity index (χ3v) is 3.64. The molecule has 0 spiro atoms. The highest BCUT2D eigenvalue weighted by atomic mass is 32.1. The monoisotopic (exact) mass is 185 g/mol. The van der Waals surface area contributed by atoms with Crippen molar-refractivity contribution < 1.29 is 4.11 Å². The molecule has 0 unspecified atom stereocenters. The van der Waals surface area contributed by atoms with E-state index >= 15 is 0 Å². The number of hydrogen-bond acceptors (Lipinski definition) is 1. The highest BCUT2D eigenvalue weighted by molar-refractivity contribution is 7.12. The van der Waals surface area contributed by atoms with E-state index in [9.17, 15) is 0 Å². The average molecular weight is 185 g/mol. The van der Waals surface area contributed by atoms with Crippen LogP contribution in [0.2, 0.25) is 0 Å². The molecule has 0 fully saturated rings. The second kappa shape index (κ2) is 2.88. The van der Waals surface area contributed by atoms with Crippen molar-refractivity contribution in [1.82, 2.24) is 0 Å². The molecule has 0 atom stereocenters. The predicted molar refractivity (Wildman–Crippen MR) is 57.2 cm³/mol. The van der Waals surface area contributed by atoms with Crippen molar-refractivity contribution in [3.8, 4) is 0 Å². The summed E-state index contributed by atoms with van der Waals surface area (Å²) in [6.45, 7) is 8.20. The average Bonchev–Trinajstić information content (AvgIpc) is 2.22. The molecule has 0 nitrogen and oxygen atoms in total. The predicted octanol–water partition coefficient (Wildman–Crippen LogP) is 3.97. The number of thiophene rings is 1. The summed E-state index contributed by atoms with van der Waals surface area (Å²) < 4.78 is 22.5. The van der Waals surface area contributed by atoms with Crippen molar-refractivity contribution >= 4 is 11.3 Å². The molecule has 0 amide bonds. The number of aryl methyl sites for hydroxylation is 1. The van der Waals surface area contributed by atoms with Gasteiger partial charge in [-0.25, -0.2) is 0 Å². The minimum absolute atomic E-state index is 0.0308. The Morgan fingerprint density at radius 3 is 2.00 bits per heavy atom. The number of hydrogen-bond donors (Lipinski definition) is 0. The summed E-state index contributed by atoms with van der Waals surface area (Å²) in [5.74, 6) is 0. The summed E-state index contributed by atoms with van der Waals surface area (Å²) in [6, 6.07) is 0. The SMILES string of the molecule is [2H]C([2H])([2H])c1c(C)sc(C(C)(C)C)c1C. The molecule has 1 aromatic heterocycles. The van der Waals surface area contributed by atoms with E-state index in [1.807, 2.05) is 13.8 Å². The topological polar surface area (TPSA) is 0 Å². The van der Waals surface area contributed by atoms with Gasteiger partial charge >= 0.3 is 0 Å². The second-order valence-corrected chi connectivity index (χ2v) is 5.46. The van der Waals surface area contributed by atoms with Crippen LogP contribution in [-0.2, 0) is 5.41 Å². The molecule has 0 saturated heterocycles. The molecule has 0 aliphatic carbocycles. The summed E-state index contributed by atoms with van der Waals surface area (Å²) in [7, 11) is 0. The van der Waals surface area contributed by atoms with E-state index < -0.39 is 6.85 Å². The zero-order valence-electron chi connectivity index (χ0n) is 11.4. The normalized spacial score (nSPS) is 16.9. The Hall–Kier alpha value is -0.300. The van der Waals surface area contributed by atoms with Crippen molar-refractivity contribution in [2.45, 2.75) is 46.9 Å². The molecule has 0 radical (unpaired) electrons. The third kappa shape index (κ3) is 1.56. The molecular weight excluding hydrogens is 164 g/mol. The molecule has 68 valence electrons. The molecule has 0 aliphatic rings. The minimum atomic E-state index is -1.98. The van der Waals surface area contributed by atoms with Gasteiger partial charge in [-0.15, -0.1) is 11.3 Å². The lowest BCUT2D eigenvalue weighted by molar-refractivity contribution is 0.600. The molecular formula is C11H18S. The maximum Gasteiger partial charge on any atom is 0.0280 e. The van der Waals surface area contributed by atoms with Crippen LogP contribution in [-0.4, -0.2) is 0 Å². The summed E-state index contributed by atoms with van der Waals surface area (Å²) in [4.78, 5) is 2.11. The maximum atomic E-state index is 7.51. The Bertz CT molecular complexity index is 366. The van der Waals surface area contributed by atoms with Crippen LogP contribution in [0, 0.1) is 20.7 Å². The quantitative estimate of drug-likeness (QED) is 0.573. The van der Waals surface area contributed by atoms with Crippen molar-refractivity contribution in [2.75, 3.05) is 0 Å². The third-order valence-electron chi connectivity index (χ3n) is 2.00. The molecule has 0 saturated carbocycles. The van der Waals surface area contributed by atoms with Gasteiger partial charge < -0.3 is 0 Å². The van der Waals surface area contributed by atoms with Crippen LogP contribution in [0.25, 0.3) is 0 Å². The zero-order valence-corrected chi connectivity index (χ0v) is 9.22. The summed E-state index contributed by atoms with van der Waals surface area (Å²) in [5.41, 5.74) is 1.53. The summed E-state index contributed by atoms with van der Waals surface area (Å²) in [6.07, 6.45) is 0. The van der Waals surface area contributed by atoms with Gasteiger partial charge in [-0.3, -0.25) is 0 Å².